The van der Waals surface area contributed by atoms with E-state index in [1.54, 1.807) is 19.2 Å². The molecule has 142 valence electrons. The summed E-state index contributed by atoms with van der Waals surface area (Å²) in [5.74, 6) is -0.442. The summed E-state index contributed by atoms with van der Waals surface area (Å²) in [5.41, 5.74) is -0.248. The van der Waals surface area contributed by atoms with E-state index in [-0.39, 0.29) is 16.7 Å². The van der Waals surface area contributed by atoms with E-state index in [1.165, 1.54) is 11.3 Å². The molecule has 3 aromatic heterocycles. The van der Waals surface area contributed by atoms with Gasteiger partial charge in [0.25, 0.3) is 5.56 Å². The average molecular weight is 414 g/mol. The highest BCUT2D eigenvalue weighted by Gasteiger charge is 2.33. The van der Waals surface area contributed by atoms with Gasteiger partial charge < -0.3 is 4.98 Å². The lowest BCUT2D eigenvalue weighted by atomic mass is 10.2. The molecule has 0 aliphatic heterocycles. The summed E-state index contributed by atoms with van der Waals surface area (Å²) in [4.78, 5) is 33.8. The van der Waals surface area contributed by atoms with Crippen LogP contribution < -0.4 is 5.56 Å². The fraction of sp³-hybridized carbons (Fsp3) is 0.250. The zero-order chi connectivity index (χ0) is 19.8. The Kier molecular flexibility index (Phi) is 5.24. The van der Waals surface area contributed by atoms with Crippen molar-refractivity contribution < 1.29 is 18.0 Å². The van der Waals surface area contributed by atoms with E-state index < -0.39 is 17.4 Å². The molecule has 0 saturated heterocycles. The smallest absolute Gasteiger partial charge is 0.301 e. The van der Waals surface area contributed by atoms with Gasteiger partial charge in [-0.15, -0.1) is 11.3 Å². The van der Waals surface area contributed by atoms with Crippen molar-refractivity contribution in [2.24, 2.45) is 0 Å². The Morgan fingerprint density at radius 1 is 1.33 bits per heavy atom. The molecule has 0 aromatic carbocycles. The molecule has 0 spiro atoms. The van der Waals surface area contributed by atoms with E-state index >= 15 is 0 Å². The first-order chi connectivity index (χ1) is 12.7. The van der Waals surface area contributed by atoms with Gasteiger partial charge in [0.1, 0.15) is 0 Å². The number of ketones is 1. The summed E-state index contributed by atoms with van der Waals surface area (Å²) in [7, 11) is 0. The molecule has 0 unspecified atom stereocenters. The minimum atomic E-state index is -4.73. The Hall–Kier alpha value is -2.40. The highest BCUT2D eigenvalue weighted by Crippen LogP contribution is 2.28. The third-order valence-corrected chi connectivity index (χ3v) is 5.32. The van der Waals surface area contributed by atoms with Crippen LogP contribution in [0.15, 0.2) is 33.7 Å². The van der Waals surface area contributed by atoms with Gasteiger partial charge in [-0.05, 0) is 19.9 Å². The number of nitrogens with zero attached hydrogens (tertiary/aromatic N) is 3. The van der Waals surface area contributed by atoms with Crippen molar-refractivity contribution in [2.75, 3.05) is 5.75 Å². The summed E-state index contributed by atoms with van der Waals surface area (Å²) >= 11 is 2.17. The number of aromatic amines is 1. The fourth-order valence-electron chi connectivity index (χ4n) is 2.53. The Labute approximate surface area is 159 Å². The van der Waals surface area contributed by atoms with Crippen LogP contribution in [-0.4, -0.2) is 31.1 Å². The summed E-state index contributed by atoms with van der Waals surface area (Å²) in [6.45, 7) is 3.61. The minimum Gasteiger partial charge on any atom is -0.301 e. The summed E-state index contributed by atoms with van der Waals surface area (Å²) in [6, 6.07) is 2.09. The van der Waals surface area contributed by atoms with Crippen LogP contribution in [0.3, 0.4) is 0 Å². The Morgan fingerprint density at radius 3 is 2.70 bits per heavy atom. The van der Waals surface area contributed by atoms with E-state index in [9.17, 15) is 22.8 Å². The predicted molar refractivity (Wildman–Crippen MR) is 95.8 cm³/mol. The number of aryl methyl sites for hydroxylation is 1. The highest BCUT2D eigenvalue weighted by molar-refractivity contribution is 7.99. The number of hydrogen-bond donors (Lipinski definition) is 1. The molecule has 0 saturated carbocycles. The normalized spacial score (nSPS) is 11.7. The van der Waals surface area contributed by atoms with Crippen LogP contribution in [-0.2, 0) is 6.18 Å². The molecule has 0 radical (unpaired) electrons. The average Bonchev–Trinajstić information content (AvgIpc) is 3.19. The molecule has 1 N–H and O–H groups in total. The maximum Gasteiger partial charge on any atom is 0.433 e. The molecule has 0 aliphatic rings. The van der Waals surface area contributed by atoms with Crippen molar-refractivity contribution in [1.82, 2.24) is 19.5 Å². The van der Waals surface area contributed by atoms with Gasteiger partial charge in [0.05, 0.1) is 5.75 Å². The maximum absolute atomic E-state index is 12.7. The number of thioether (sulfide) groups is 1. The van der Waals surface area contributed by atoms with Gasteiger partial charge in [-0.2, -0.15) is 13.2 Å². The first kappa shape index (κ1) is 19.4. The van der Waals surface area contributed by atoms with Crippen molar-refractivity contribution in [3.05, 3.63) is 56.7 Å². The minimum absolute atomic E-state index is 0.160. The molecule has 0 aliphatic carbocycles. The van der Waals surface area contributed by atoms with E-state index in [2.05, 4.69) is 15.0 Å². The second-order valence-electron chi connectivity index (χ2n) is 5.58. The number of hydrogen-bond acceptors (Lipinski definition) is 6. The molecule has 3 heterocycles. The molecule has 0 fully saturated rings. The summed E-state index contributed by atoms with van der Waals surface area (Å²) in [6.07, 6.45) is -3.07. The summed E-state index contributed by atoms with van der Waals surface area (Å²) < 4.78 is 40.1. The van der Waals surface area contributed by atoms with E-state index in [1.807, 2.05) is 16.9 Å². The van der Waals surface area contributed by atoms with Crippen LogP contribution in [0.2, 0.25) is 0 Å². The van der Waals surface area contributed by atoms with Gasteiger partial charge in [0.2, 0.25) is 0 Å². The highest BCUT2D eigenvalue weighted by atomic mass is 32.2. The monoisotopic (exact) mass is 414 g/mol. The van der Waals surface area contributed by atoms with Gasteiger partial charge in [-0.25, -0.2) is 9.97 Å². The van der Waals surface area contributed by atoms with Gasteiger partial charge >= 0.3 is 6.18 Å². The molecule has 0 amide bonds. The van der Waals surface area contributed by atoms with Crippen molar-refractivity contribution >= 4 is 28.9 Å². The third-order valence-electron chi connectivity index (χ3n) is 3.69. The van der Waals surface area contributed by atoms with Crippen LogP contribution in [0.1, 0.15) is 27.4 Å². The SMILES string of the molecule is Cc1cc(C(=O)CSc2nc(C(F)(F)F)cc(=O)[nH]2)c(C)n1-c1nccs1. The van der Waals surface area contributed by atoms with Crippen LogP contribution >= 0.6 is 23.1 Å². The van der Waals surface area contributed by atoms with Crippen LogP contribution in [0.25, 0.3) is 5.13 Å². The number of thiazole rings is 1. The molecule has 11 heteroatoms. The molecule has 0 atom stereocenters. The lowest BCUT2D eigenvalue weighted by Gasteiger charge is -2.07. The molecule has 0 bridgehead atoms. The van der Waals surface area contributed by atoms with E-state index in [0.717, 1.165) is 22.6 Å². The number of Topliss-reactive ketones (excluding diaryl/α,β-unsaturated/α-hetero) is 1. The zero-order valence-electron chi connectivity index (χ0n) is 14.1. The first-order valence-electron chi connectivity index (χ1n) is 7.60. The number of rotatable bonds is 5. The fourth-order valence-corrected chi connectivity index (χ4v) is 4.04. The second-order valence-corrected chi connectivity index (χ2v) is 7.42. The number of carbonyl (C=O) groups is 1. The number of nitrogens with one attached hydrogen (secondary N) is 1. The molecule has 3 rings (SSSR count). The van der Waals surface area contributed by atoms with E-state index in [4.69, 9.17) is 0 Å². The lowest BCUT2D eigenvalue weighted by molar-refractivity contribution is -0.141. The standard InChI is InChI=1S/C16H13F3N4O2S2/c1-8-5-10(9(2)23(8)15-20-3-4-26-15)11(24)7-27-14-21-12(16(17,18)19)6-13(25)22-14/h3-6H,7H2,1-2H3,(H,21,22,25). The quantitative estimate of drug-likeness (QED) is 0.392. The molecule has 3 aromatic rings. The summed E-state index contributed by atoms with van der Waals surface area (Å²) in [5, 5.41) is 2.29. The van der Waals surface area contributed by atoms with Gasteiger partial charge in [0, 0.05) is 34.6 Å². The zero-order valence-corrected chi connectivity index (χ0v) is 15.8. The van der Waals surface area contributed by atoms with Crippen molar-refractivity contribution in [1.29, 1.82) is 0 Å². The Bertz CT molecular complexity index is 1040. The van der Waals surface area contributed by atoms with Crippen molar-refractivity contribution in [3.63, 3.8) is 0 Å². The topological polar surface area (TPSA) is 80.6 Å². The van der Waals surface area contributed by atoms with Gasteiger partial charge in [-0.3, -0.25) is 14.2 Å². The molecular weight excluding hydrogens is 401 g/mol. The largest absolute Gasteiger partial charge is 0.433 e. The van der Waals surface area contributed by atoms with Crippen LogP contribution in [0.5, 0.6) is 0 Å². The Morgan fingerprint density at radius 2 is 2.07 bits per heavy atom. The number of halogens is 3. The van der Waals surface area contributed by atoms with Crippen molar-refractivity contribution in [3.8, 4) is 5.13 Å². The van der Waals surface area contributed by atoms with E-state index in [0.29, 0.717) is 17.3 Å². The lowest BCUT2D eigenvalue weighted by Crippen LogP contribution is -2.17. The second kappa shape index (κ2) is 7.31. The molecule has 27 heavy (non-hydrogen) atoms. The van der Waals surface area contributed by atoms with Gasteiger partial charge in [0.15, 0.2) is 21.8 Å². The number of carbonyl (C=O) groups excluding carboxylic acids is 1. The number of aromatic nitrogens is 4. The molecular formula is C16H13F3N4O2S2. The maximum atomic E-state index is 12.7. The third kappa shape index (κ3) is 4.14. The van der Waals surface area contributed by atoms with Gasteiger partial charge in [-0.1, -0.05) is 11.8 Å². The molecule has 6 nitrogen and oxygen atoms in total. The number of alkyl halides is 3. The predicted octanol–water partition coefficient (Wildman–Crippen LogP) is 3.63. The van der Waals surface area contributed by atoms with Crippen LogP contribution in [0.4, 0.5) is 13.2 Å². The number of H-pyrrole nitrogens is 1. The van der Waals surface area contributed by atoms with Crippen LogP contribution in [0, 0.1) is 13.8 Å². The Balaban J connectivity index is 1.81. The first-order valence-corrected chi connectivity index (χ1v) is 9.46. The van der Waals surface area contributed by atoms with Crippen molar-refractivity contribution in [2.45, 2.75) is 25.2 Å².